The summed E-state index contributed by atoms with van der Waals surface area (Å²) < 4.78 is 25.5. The molecule has 0 bridgehead atoms. The number of phenols is 3. The number of phenolic OH excluding ortho intramolecular Hbond substituents is 3. The minimum absolute atomic E-state index is 0.00338. The average molecular weight is 995 g/mol. The standard InChI is InChI=1S/C64H66O10/c1-37(65)73-57-32-45(74-61(70)63(23-22-62(36-63)19-10-11-20-62)43-17-16-40-24-44(66)30-47(46(40)29-43)39-14-8-5-9-15-39)31-50-48-34-59(72-3)55(68)27-41(48)25-51-54(67)35-52-49-33-56(69)58(71-2)28-42(49)26-53(57)64(52,60(50)51)21-18-38-12-6-4-7-13-38/h4-9,12-18,21,24,27-30,33-34,45,50-54,57,60,66-69H,10-11,19-20,22-23,25-26,31-32,35-36H2,1-3H3/b21-18+/t45-,50+,51+,52+,53+,54+,57+,60-,63+,64+/m0/s1. The fourth-order valence-electron chi connectivity index (χ4n) is 16.0. The van der Waals surface area contributed by atoms with Gasteiger partial charge in [-0.25, -0.2) is 0 Å². The maximum absolute atomic E-state index is 16.1. The highest BCUT2D eigenvalue weighted by Gasteiger charge is 2.66. The van der Waals surface area contributed by atoms with Gasteiger partial charge in [0.2, 0.25) is 0 Å². The van der Waals surface area contributed by atoms with Gasteiger partial charge in [-0.15, -0.1) is 0 Å². The molecule has 0 aliphatic heterocycles. The number of methoxy groups -OCH3 is 2. The van der Waals surface area contributed by atoms with E-state index < -0.39 is 35.1 Å². The quantitative estimate of drug-likeness (QED) is 0.103. The number of hydrogen-bond donors (Lipinski definition) is 4. The zero-order valence-corrected chi connectivity index (χ0v) is 42.5. The van der Waals surface area contributed by atoms with Gasteiger partial charge in [-0.1, -0.05) is 97.8 Å². The highest BCUT2D eigenvalue weighted by molar-refractivity contribution is 5.99. The topological polar surface area (TPSA) is 152 Å². The summed E-state index contributed by atoms with van der Waals surface area (Å²) in [5.74, 6) is -1.46. The molecule has 74 heavy (non-hydrogen) atoms. The zero-order chi connectivity index (χ0) is 51.1. The number of benzene rings is 6. The van der Waals surface area contributed by atoms with Gasteiger partial charge in [-0.3, -0.25) is 9.59 Å². The number of esters is 2. The lowest BCUT2D eigenvalue weighted by Gasteiger charge is -2.64. The maximum Gasteiger partial charge on any atom is 0.316 e. The Kier molecular flexibility index (Phi) is 12.1. The van der Waals surface area contributed by atoms with Gasteiger partial charge in [0.25, 0.3) is 0 Å². The fraction of sp³-hybridized carbons (Fsp3) is 0.406. The second kappa shape index (κ2) is 18.6. The van der Waals surface area contributed by atoms with Crippen LogP contribution in [0, 0.1) is 28.6 Å². The van der Waals surface area contributed by atoms with E-state index in [1.807, 2.05) is 72.8 Å². The van der Waals surface area contributed by atoms with Crippen LogP contribution < -0.4 is 9.47 Å². The van der Waals surface area contributed by atoms with Crippen LogP contribution in [0.3, 0.4) is 0 Å². The van der Waals surface area contributed by atoms with Crippen molar-refractivity contribution in [3.8, 4) is 39.9 Å². The Balaban J connectivity index is 1.04. The van der Waals surface area contributed by atoms with E-state index in [0.29, 0.717) is 50.0 Å². The molecular weight excluding hydrogens is 929 g/mol. The lowest BCUT2D eigenvalue weighted by atomic mass is 9.40. The SMILES string of the molecule is COc1cc2c(cc1O)[C@H]1C[C@@H](O)[C@H]3Cc4cc(O)c(OC)cc4[C@H]4C[C@H](OC(=O)[C@]5(c6ccc7cc(O)cc(-c8ccccc8)c7c6)CCC6(CCCC6)C5)C[C@@H](OC(C)=O)[C@@H](C2)[C@]1(/C=C/c1ccccc1)[C@H]34. The molecule has 10 heteroatoms. The van der Waals surface area contributed by atoms with Crippen molar-refractivity contribution in [2.75, 3.05) is 14.2 Å². The van der Waals surface area contributed by atoms with Gasteiger partial charge in [0, 0.05) is 24.7 Å². The Morgan fingerprint density at radius 1 is 0.703 bits per heavy atom. The normalized spacial score (nSPS) is 29.4. The molecule has 10 atom stereocenters. The monoisotopic (exact) mass is 994 g/mol. The van der Waals surface area contributed by atoms with Gasteiger partial charge in [0.1, 0.15) is 18.0 Å². The Bertz CT molecular complexity index is 3180. The average Bonchev–Trinajstić information content (AvgIpc) is 4.07. The van der Waals surface area contributed by atoms with Crippen LogP contribution in [0.1, 0.15) is 116 Å². The number of hydrogen-bond acceptors (Lipinski definition) is 10. The van der Waals surface area contributed by atoms with E-state index in [-0.39, 0.29) is 64.6 Å². The predicted octanol–water partition coefficient (Wildman–Crippen LogP) is 12.3. The van der Waals surface area contributed by atoms with Crippen molar-refractivity contribution in [1.82, 2.24) is 0 Å². The molecule has 0 amide bonds. The Labute approximate surface area is 433 Å². The van der Waals surface area contributed by atoms with E-state index in [1.165, 1.54) is 14.0 Å². The molecule has 0 aromatic heterocycles. The molecule has 6 aromatic rings. The van der Waals surface area contributed by atoms with Crippen LogP contribution in [0.15, 0.2) is 121 Å². The lowest BCUT2D eigenvalue weighted by molar-refractivity contribution is -0.178. The minimum Gasteiger partial charge on any atom is -0.508 e. The van der Waals surface area contributed by atoms with Crippen molar-refractivity contribution in [1.29, 1.82) is 0 Å². The second-order valence-corrected chi connectivity index (χ2v) is 22.8. The van der Waals surface area contributed by atoms with Crippen molar-refractivity contribution >= 4 is 28.8 Å². The van der Waals surface area contributed by atoms with Crippen LogP contribution in [0.2, 0.25) is 0 Å². The molecule has 4 N–H and O–H groups in total. The van der Waals surface area contributed by atoms with Gasteiger partial charge in [-0.05, 0) is 185 Å². The minimum atomic E-state index is -0.984. The van der Waals surface area contributed by atoms with E-state index in [1.54, 1.807) is 25.3 Å². The summed E-state index contributed by atoms with van der Waals surface area (Å²) in [6.07, 6.45) is 10.7. The van der Waals surface area contributed by atoms with E-state index >= 15 is 4.79 Å². The first-order chi connectivity index (χ1) is 35.8. The van der Waals surface area contributed by atoms with Gasteiger partial charge < -0.3 is 39.4 Å². The van der Waals surface area contributed by atoms with Crippen molar-refractivity contribution in [2.45, 2.75) is 120 Å². The number of rotatable bonds is 9. The number of fused-ring (bicyclic) bond motifs is 5. The van der Waals surface area contributed by atoms with E-state index in [9.17, 15) is 25.2 Å². The fourth-order valence-corrected chi connectivity index (χ4v) is 16.0. The Morgan fingerprint density at radius 3 is 2.16 bits per heavy atom. The number of carbonyl (C=O) groups is 2. The maximum atomic E-state index is 16.1. The van der Waals surface area contributed by atoms with Crippen LogP contribution in [0.5, 0.6) is 28.7 Å². The molecule has 0 heterocycles. The smallest absolute Gasteiger partial charge is 0.316 e. The summed E-state index contributed by atoms with van der Waals surface area (Å²) in [6.45, 7) is 1.45. The molecule has 6 aromatic carbocycles. The third-order valence-electron chi connectivity index (χ3n) is 19.0. The van der Waals surface area contributed by atoms with Crippen LogP contribution in [-0.4, -0.2) is 64.9 Å². The van der Waals surface area contributed by atoms with Crippen molar-refractivity contribution in [3.05, 3.63) is 155 Å². The highest BCUT2D eigenvalue weighted by atomic mass is 16.6. The van der Waals surface area contributed by atoms with E-state index in [4.69, 9.17) is 18.9 Å². The third-order valence-corrected chi connectivity index (χ3v) is 19.0. The molecule has 1 spiro atoms. The third kappa shape index (κ3) is 7.93. The van der Waals surface area contributed by atoms with Crippen molar-refractivity contribution < 1.29 is 49.0 Å². The van der Waals surface area contributed by atoms with Crippen LogP contribution in [0.25, 0.3) is 28.0 Å². The predicted molar refractivity (Wildman–Crippen MR) is 283 cm³/mol. The van der Waals surface area contributed by atoms with Gasteiger partial charge >= 0.3 is 11.9 Å². The second-order valence-electron chi connectivity index (χ2n) is 22.8. The molecule has 6 aliphatic carbocycles. The molecular formula is C64H66O10. The summed E-state index contributed by atoms with van der Waals surface area (Å²) >= 11 is 0. The van der Waals surface area contributed by atoms with Gasteiger partial charge in [0.15, 0.2) is 23.0 Å². The van der Waals surface area contributed by atoms with Crippen molar-refractivity contribution in [3.63, 3.8) is 0 Å². The lowest BCUT2D eigenvalue weighted by Crippen LogP contribution is -2.62. The molecule has 4 fully saturated rings. The number of aromatic hydroxyl groups is 3. The first kappa shape index (κ1) is 48.2. The number of allylic oxidation sites excluding steroid dienone is 1. The molecule has 6 aliphatic rings. The molecule has 0 radical (unpaired) electrons. The summed E-state index contributed by atoms with van der Waals surface area (Å²) in [5.41, 5.74) is 5.76. The largest absolute Gasteiger partial charge is 0.508 e. The molecule has 12 rings (SSSR count). The molecule has 4 saturated carbocycles. The van der Waals surface area contributed by atoms with Crippen LogP contribution in [0.4, 0.5) is 0 Å². The van der Waals surface area contributed by atoms with Gasteiger partial charge in [-0.2, -0.15) is 0 Å². The number of ether oxygens (including phenoxy) is 4. The van der Waals surface area contributed by atoms with Crippen LogP contribution in [-0.2, 0) is 37.3 Å². The van der Waals surface area contributed by atoms with E-state index in [0.717, 1.165) is 87.4 Å². The number of carbonyl (C=O) groups excluding carboxylic acids is 2. The van der Waals surface area contributed by atoms with E-state index in [2.05, 4.69) is 36.4 Å². The summed E-state index contributed by atoms with van der Waals surface area (Å²) in [5, 5.41) is 48.4. The van der Waals surface area contributed by atoms with Crippen LogP contribution >= 0.6 is 0 Å². The highest BCUT2D eigenvalue weighted by Crippen LogP contribution is 2.70. The Hall–Kier alpha value is -6.78. The summed E-state index contributed by atoms with van der Waals surface area (Å²) in [4.78, 5) is 29.8. The molecule has 382 valence electrons. The Morgan fingerprint density at radius 2 is 1.42 bits per heavy atom. The first-order valence-electron chi connectivity index (χ1n) is 26.7. The number of aliphatic hydroxyl groups excluding tert-OH is 1. The van der Waals surface area contributed by atoms with Gasteiger partial charge in [0.05, 0.1) is 25.7 Å². The number of aliphatic hydroxyl groups is 1. The molecule has 0 saturated heterocycles. The molecule has 10 nitrogen and oxygen atoms in total. The first-order valence-corrected chi connectivity index (χ1v) is 26.7. The zero-order valence-electron chi connectivity index (χ0n) is 42.5. The summed E-state index contributed by atoms with van der Waals surface area (Å²) in [6, 6.07) is 37.5. The molecule has 0 unspecified atom stereocenters. The summed E-state index contributed by atoms with van der Waals surface area (Å²) in [7, 11) is 3.09. The van der Waals surface area contributed by atoms with Crippen molar-refractivity contribution in [2.24, 2.45) is 28.6 Å².